The molecule has 0 unspecified atom stereocenters. The fourth-order valence-corrected chi connectivity index (χ4v) is 4.12. The summed E-state index contributed by atoms with van der Waals surface area (Å²) in [5.74, 6) is 0.670. The van der Waals surface area contributed by atoms with Gasteiger partial charge in [0.1, 0.15) is 11.5 Å². The van der Waals surface area contributed by atoms with Crippen molar-refractivity contribution in [3.63, 3.8) is 0 Å². The molecular weight excluding hydrogens is 471 g/mol. The van der Waals surface area contributed by atoms with Crippen LogP contribution in [0.25, 0.3) is 0 Å². The number of hydrogen-bond acceptors (Lipinski definition) is 5. The fourth-order valence-electron chi connectivity index (χ4n) is 2.63. The lowest BCUT2D eigenvalue weighted by atomic mass is 9.99. The second-order valence-corrected chi connectivity index (χ2v) is 10.8. The lowest BCUT2D eigenvalue weighted by Gasteiger charge is -2.17. The largest absolute Gasteiger partial charge is 0.457 e. The van der Waals surface area contributed by atoms with Crippen molar-refractivity contribution in [1.29, 1.82) is 0 Å². The summed E-state index contributed by atoms with van der Waals surface area (Å²) in [6.07, 6.45) is 0. The van der Waals surface area contributed by atoms with E-state index in [2.05, 4.69) is 0 Å². The maximum absolute atomic E-state index is 12.7. The molecule has 168 valence electrons. The van der Waals surface area contributed by atoms with Gasteiger partial charge in [0, 0.05) is 16.1 Å². The second kappa shape index (κ2) is 9.63. The van der Waals surface area contributed by atoms with Crippen molar-refractivity contribution in [1.82, 2.24) is 0 Å². The summed E-state index contributed by atoms with van der Waals surface area (Å²) in [5, 5.41) is 0.744. The zero-order chi connectivity index (χ0) is 23.5. The Bertz CT molecular complexity index is 1210. The standard InChI is InChI=1S/C24H22Cl2O5S/c1-24(2,3)15-30-32(28,29)20-11-9-19(10-12-20)31-18-7-4-16(5-8-18)23(27)21-14-17(25)6-13-22(21)26/h4-14H,15H2,1-3H3. The SMILES string of the molecule is CC(C)(C)COS(=O)(=O)c1ccc(Oc2ccc(C(=O)c3cc(Cl)ccc3Cl)cc2)cc1. The Morgan fingerprint density at radius 2 is 1.44 bits per heavy atom. The van der Waals surface area contributed by atoms with Crippen LogP contribution in [0, 0.1) is 5.41 Å². The minimum atomic E-state index is -3.84. The highest BCUT2D eigenvalue weighted by Crippen LogP contribution is 2.27. The third-order valence-electron chi connectivity index (χ3n) is 4.28. The molecule has 0 fully saturated rings. The number of halogens is 2. The lowest BCUT2D eigenvalue weighted by molar-refractivity contribution is 0.103. The van der Waals surface area contributed by atoms with Gasteiger partial charge in [-0.25, -0.2) is 0 Å². The van der Waals surface area contributed by atoms with E-state index in [1.54, 1.807) is 36.4 Å². The Kier molecular flexibility index (Phi) is 7.30. The molecule has 0 bridgehead atoms. The van der Waals surface area contributed by atoms with Crippen molar-refractivity contribution in [2.45, 2.75) is 25.7 Å². The van der Waals surface area contributed by atoms with E-state index in [1.165, 1.54) is 30.3 Å². The van der Waals surface area contributed by atoms with E-state index in [9.17, 15) is 13.2 Å². The van der Waals surface area contributed by atoms with Gasteiger partial charge in [0.2, 0.25) is 0 Å². The van der Waals surface area contributed by atoms with Crippen LogP contribution >= 0.6 is 23.2 Å². The summed E-state index contributed by atoms with van der Waals surface area (Å²) in [4.78, 5) is 12.7. The molecule has 3 aromatic rings. The quantitative estimate of drug-likeness (QED) is 0.268. The molecular formula is C24H22Cl2O5S. The topological polar surface area (TPSA) is 69.7 Å². The van der Waals surface area contributed by atoms with Gasteiger partial charge in [-0.05, 0) is 72.1 Å². The fraction of sp³-hybridized carbons (Fsp3) is 0.208. The van der Waals surface area contributed by atoms with Crippen LogP contribution in [-0.2, 0) is 14.3 Å². The van der Waals surface area contributed by atoms with E-state index in [4.69, 9.17) is 32.1 Å². The van der Waals surface area contributed by atoms with Gasteiger partial charge in [-0.3, -0.25) is 8.98 Å². The van der Waals surface area contributed by atoms with Crippen molar-refractivity contribution >= 4 is 39.1 Å². The normalized spacial score (nSPS) is 11.9. The monoisotopic (exact) mass is 492 g/mol. The van der Waals surface area contributed by atoms with Gasteiger partial charge in [-0.2, -0.15) is 8.42 Å². The van der Waals surface area contributed by atoms with Crippen molar-refractivity contribution in [2.24, 2.45) is 5.41 Å². The van der Waals surface area contributed by atoms with Crippen LogP contribution < -0.4 is 4.74 Å². The minimum absolute atomic E-state index is 0.0495. The summed E-state index contributed by atoms with van der Waals surface area (Å²) >= 11 is 12.1. The molecule has 0 saturated heterocycles. The molecule has 0 aliphatic rings. The Labute approximate surface area is 198 Å². The zero-order valence-corrected chi connectivity index (χ0v) is 20.1. The highest BCUT2D eigenvalue weighted by molar-refractivity contribution is 7.86. The van der Waals surface area contributed by atoms with Crippen LogP contribution in [0.1, 0.15) is 36.7 Å². The first-order valence-corrected chi connectivity index (χ1v) is 11.9. The summed E-state index contributed by atoms with van der Waals surface area (Å²) in [5.41, 5.74) is 0.471. The summed E-state index contributed by atoms with van der Waals surface area (Å²) in [7, 11) is -3.84. The first-order chi connectivity index (χ1) is 14.9. The molecule has 3 rings (SSSR count). The van der Waals surface area contributed by atoms with Crippen molar-refractivity contribution < 1.29 is 22.1 Å². The van der Waals surface area contributed by atoms with Crippen molar-refractivity contribution in [3.8, 4) is 11.5 Å². The number of hydrogen-bond donors (Lipinski definition) is 0. The van der Waals surface area contributed by atoms with Crippen LogP contribution in [0.15, 0.2) is 71.6 Å². The molecule has 32 heavy (non-hydrogen) atoms. The van der Waals surface area contributed by atoms with Gasteiger partial charge in [0.15, 0.2) is 5.78 Å². The van der Waals surface area contributed by atoms with Crippen molar-refractivity contribution in [2.75, 3.05) is 6.61 Å². The Morgan fingerprint density at radius 1 is 0.875 bits per heavy atom. The molecule has 0 amide bonds. The molecule has 0 spiro atoms. The van der Waals surface area contributed by atoms with E-state index < -0.39 is 10.1 Å². The van der Waals surface area contributed by atoms with Gasteiger partial charge in [0.05, 0.1) is 16.5 Å². The van der Waals surface area contributed by atoms with Gasteiger partial charge >= 0.3 is 0 Å². The smallest absolute Gasteiger partial charge is 0.296 e. The molecule has 0 aliphatic carbocycles. The first kappa shape index (κ1) is 24.3. The average Bonchev–Trinajstić information content (AvgIpc) is 2.74. The molecule has 5 nitrogen and oxygen atoms in total. The van der Waals surface area contributed by atoms with Gasteiger partial charge in [-0.1, -0.05) is 44.0 Å². The summed E-state index contributed by atoms with van der Waals surface area (Å²) in [6, 6.07) is 17.2. The predicted molar refractivity (Wildman–Crippen MR) is 125 cm³/mol. The Morgan fingerprint density at radius 3 is 2.00 bits per heavy atom. The number of carbonyl (C=O) groups is 1. The Hall–Kier alpha value is -2.38. The van der Waals surface area contributed by atoms with Gasteiger partial charge in [0.25, 0.3) is 10.1 Å². The van der Waals surface area contributed by atoms with E-state index in [0.717, 1.165) is 0 Å². The van der Waals surface area contributed by atoms with Crippen LogP contribution in [-0.4, -0.2) is 20.8 Å². The zero-order valence-electron chi connectivity index (χ0n) is 17.8. The summed E-state index contributed by atoms with van der Waals surface area (Å²) < 4.78 is 35.5. The summed E-state index contributed by atoms with van der Waals surface area (Å²) in [6.45, 7) is 5.75. The van der Waals surface area contributed by atoms with Gasteiger partial charge in [-0.15, -0.1) is 0 Å². The number of rotatable bonds is 7. The number of ketones is 1. The molecule has 0 aliphatic heterocycles. The molecule has 0 aromatic heterocycles. The third-order valence-corrected chi connectivity index (χ3v) is 6.13. The van der Waals surface area contributed by atoms with Crippen LogP contribution in [0.4, 0.5) is 0 Å². The predicted octanol–water partition coefficient (Wildman–Crippen LogP) is 6.77. The highest BCUT2D eigenvalue weighted by Gasteiger charge is 2.20. The van der Waals surface area contributed by atoms with Crippen molar-refractivity contribution in [3.05, 3.63) is 87.9 Å². The Balaban J connectivity index is 1.69. The van der Waals surface area contributed by atoms with E-state index in [-0.39, 0.29) is 22.7 Å². The highest BCUT2D eigenvalue weighted by atomic mass is 35.5. The molecule has 0 atom stereocenters. The third kappa shape index (κ3) is 6.33. The molecule has 0 heterocycles. The van der Waals surface area contributed by atoms with E-state index in [1.807, 2.05) is 20.8 Å². The number of ether oxygens (including phenoxy) is 1. The minimum Gasteiger partial charge on any atom is -0.457 e. The number of benzene rings is 3. The number of carbonyl (C=O) groups excluding carboxylic acids is 1. The van der Waals surface area contributed by atoms with Crippen LogP contribution in [0.5, 0.6) is 11.5 Å². The molecule has 8 heteroatoms. The maximum atomic E-state index is 12.7. The van der Waals surface area contributed by atoms with E-state index >= 15 is 0 Å². The van der Waals surface area contributed by atoms with Crippen LogP contribution in [0.3, 0.4) is 0 Å². The second-order valence-electron chi connectivity index (χ2n) is 8.33. The van der Waals surface area contributed by atoms with E-state index in [0.29, 0.717) is 32.7 Å². The molecule has 3 aromatic carbocycles. The average molecular weight is 493 g/mol. The lowest BCUT2D eigenvalue weighted by Crippen LogP contribution is -2.18. The maximum Gasteiger partial charge on any atom is 0.296 e. The first-order valence-electron chi connectivity index (χ1n) is 9.72. The molecule has 0 radical (unpaired) electrons. The molecule has 0 saturated carbocycles. The molecule has 0 N–H and O–H groups in total. The van der Waals surface area contributed by atoms with Gasteiger partial charge < -0.3 is 4.74 Å². The van der Waals surface area contributed by atoms with Crippen LogP contribution in [0.2, 0.25) is 10.0 Å².